The average molecular weight is 188 g/mol. The van der Waals surface area contributed by atoms with Crippen molar-refractivity contribution in [1.29, 1.82) is 0 Å². The molecule has 0 spiro atoms. The molecule has 10 heavy (non-hydrogen) atoms. The first kappa shape index (κ1) is 9.51. The Hall–Kier alpha value is -0.490. The van der Waals surface area contributed by atoms with Crippen LogP contribution in [0.15, 0.2) is 0 Å². The van der Waals surface area contributed by atoms with Gasteiger partial charge in [0.05, 0.1) is 5.75 Å². The van der Waals surface area contributed by atoms with E-state index in [2.05, 4.69) is 0 Å². The van der Waals surface area contributed by atoms with Crippen LogP contribution in [-0.2, 0) is 10.0 Å². The molecule has 60 valence electrons. The SMILES string of the molecule is O=C(O)NS(=O)(=O)CCCl. The van der Waals surface area contributed by atoms with Gasteiger partial charge in [-0.05, 0) is 0 Å². The topological polar surface area (TPSA) is 83.5 Å². The molecule has 0 aliphatic rings. The quantitative estimate of drug-likeness (QED) is 0.601. The van der Waals surface area contributed by atoms with Crippen molar-refractivity contribution in [2.75, 3.05) is 11.6 Å². The molecule has 0 aromatic rings. The van der Waals surface area contributed by atoms with Crippen LogP contribution in [0.2, 0.25) is 0 Å². The normalized spacial score (nSPS) is 10.9. The number of nitrogens with one attached hydrogen (secondary N) is 1. The maximum Gasteiger partial charge on any atom is 0.418 e. The summed E-state index contributed by atoms with van der Waals surface area (Å²) in [6.45, 7) is 0. The number of amides is 1. The zero-order chi connectivity index (χ0) is 8.20. The molecule has 0 aromatic heterocycles. The van der Waals surface area contributed by atoms with Crippen LogP contribution in [0, 0.1) is 0 Å². The monoisotopic (exact) mass is 187 g/mol. The molecule has 0 saturated carbocycles. The van der Waals surface area contributed by atoms with Gasteiger partial charge in [-0.3, -0.25) is 0 Å². The van der Waals surface area contributed by atoms with Gasteiger partial charge in [0.15, 0.2) is 0 Å². The zero-order valence-electron chi connectivity index (χ0n) is 4.87. The van der Waals surface area contributed by atoms with Gasteiger partial charge >= 0.3 is 6.09 Å². The maximum absolute atomic E-state index is 10.5. The van der Waals surface area contributed by atoms with Crippen molar-refractivity contribution in [3.8, 4) is 0 Å². The fourth-order valence-electron chi connectivity index (χ4n) is 0.286. The molecule has 0 atom stereocenters. The number of alkyl halides is 1. The van der Waals surface area contributed by atoms with Gasteiger partial charge in [0, 0.05) is 5.88 Å². The average Bonchev–Trinajstić information content (AvgIpc) is 1.59. The molecule has 0 aliphatic carbocycles. The first-order valence-corrected chi connectivity index (χ1v) is 4.46. The smallest absolute Gasteiger partial charge is 0.418 e. The molecule has 0 aliphatic heterocycles. The van der Waals surface area contributed by atoms with E-state index in [1.54, 1.807) is 0 Å². The Bertz CT molecular complexity index is 211. The Kier molecular flexibility index (Phi) is 3.45. The van der Waals surface area contributed by atoms with E-state index in [4.69, 9.17) is 16.7 Å². The van der Waals surface area contributed by atoms with Crippen molar-refractivity contribution >= 4 is 27.7 Å². The van der Waals surface area contributed by atoms with Crippen LogP contribution in [0.1, 0.15) is 0 Å². The molecule has 0 saturated heterocycles. The van der Waals surface area contributed by atoms with E-state index in [1.165, 1.54) is 4.72 Å². The summed E-state index contributed by atoms with van der Waals surface area (Å²) in [4.78, 5) is 9.76. The second kappa shape index (κ2) is 3.62. The van der Waals surface area contributed by atoms with E-state index in [1.807, 2.05) is 0 Å². The van der Waals surface area contributed by atoms with Crippen LogP contribution in [0.4, 0.5) is 4.79 Å². The van der Waals surface area contributed by atoms with E-state index in [0.29, 0.717) is 0 Å². The molecule has 5 nitrogen and oxygen atoms in total. The summed E-state index contributed by atoms with van der Waals surface area (Å²) in [6, 6.07) is 0. The first-order valence-electron chi connectivity index (χ1n) is 2.27. The maximum atomic E-state index is 10.5. The number of carboxylic acid groups (broad SMARTS) is 1. The minimum Gasteiger partial charge on any atom is -0.464 e. The van der Waals surface area contributed by atoms with E-state index in [0.717, 1.165) is 0 Å². The summed E-state index contributed by atoms with van der Waals surface area (Å²) < 4.78 is 22.3. The van der Waals surface area contributed by atoms with Crippen molar-refractivity contribution in [2.24, 2.45) is 0 Å². The molecule has 0 heterocycles. The highest BCUT2D eigenvalue weighted by atomic mass is 35.5. The van der Waals surface area contributed by atoms with Gasteiger partial charge in [0.2, 0.25) is 10.0 Å². The highest BCUT2D eigenvalue weighted by Gasteiger charge is 2.11. The van der Waals surface area contributed by atoms with Crippen molar-refractivity contribution < 1.29 is 18.3 Å². The summed E-state index contributed by atoms with van der Waals surface area (Å²) in [7, 11) is -3.71. The molecule has 0 rings (SSSR count). The largest absolute Gasteiger partial charge is 0.464 e. The van der Waals surface area contributed by atoms with Crippen LogP contribution in [-0.4, -0.2) is 31.3 Å². The number of rotatable bonds is 3. The molecular formula is C3H6ClNO4S. The predicted molar refractivity (Wildman–Crippen MR) is 35.7 cm³/mol. The van der Waals surface area contributed by atoms with Gasteiger partial charge in [-0.15, -0.1) is 11.6 Å². The lowest BCUT2D eigenvalue weighted by atomic mass is 11.0. The van der Waals surface area contributed by atoms with Crippen LogP contribution in [0.3, 0.4) is 0 Å². The number of carbonyl (C=O) groups is 1. The Morgan fingerprint density at radius 3 is 2.40 bits per heavy atom. The lowest BCUT2D eigenvalue weighted by molar-refractivity contribution is 0.201. The third-order valence-corrected chi connectivity index (χ3v) is 2.23. The van der Waals surface area contributed by atoms with Crippen LogP contribution >= 0.6 is 11.6 Å². The van der Waals surface area contributed by atoms with Gasteiger partial charge < -0.3 is 5.11 Å². The van der Waals surface area contributed by atoms with E-state index < -0.39 is 16.1 Å². The van der Waals surface area contributed by atoms with Crippen LogP contribution in [0.5, 0.6) is 0 Å². The highest BCUT2D eigenvalue weighted by Crippen LogP contribution is 1.85. The third kappa shape index (κ3) is 4.39. The zero-order valence-corrected chi connectivity index (χ0v) is 6.44. The lowest BCUT2D eigenvalue weighted by Gasteiger charge is -1.98. The van der Waals surface area contributed by atoms with Crippen molar-refractivity contribution in [3.63, 3.8) is 0 Å². The molecule has 1 amide bonds. The van der Waals surface area contributed by atoms with Crippen LogP contribution < -0.4 is 4.72 Å². The Morgan fingerprint density at radius 2 is 2.10 bits per heavy atom. The minimum atomic E-state index is -3.71. The summed E-state index contributed by atoms with van der Waals surface area (Å²) in [5.74, 6) is -0.510. The lowest BCUT2D eigenvalue weighted by Crippen LogP contribution is -2.31. The number of hydrogen-bond donors (Lipinski definition) is 2. The van der Waals surface area contributed by atoms with Gasteiger partial charge in [0.1, 0.15) is 0 Å². The molecular weight excluding hydrogens is 182 g/mol. The summed E-state index contributed by atoms with van der Waals surface area (Å²) in [6.07, 6.45) is -1.59. The van der Waals surface area contributed by atoms with Gasteiger partial charge in [-0.25, -0.2) is 17.9 Å². The number of halogens is 1. The predicted octanol–water partition coefficient (Wildman–Crippen LogP) is -0.177. The van der Waals surface area contributed by atoms with Crippen molar-refractivity contribution in [1.82, 2.24) is 4.72 Å². The highest BCUT2D eigenvalue weighted by molar-refractivity contribution is 7.90. The Morgan fingerprint density at radius 1 is 1.60 bits per heavy atom. The fourth-order valence-corrected chi connectivity index (χ4v) is 1.47. The van der Waals surface area contributed by atoms with E-state index in [9.17, 15) is 13.2 Å². The van der Waals surface area contributed by atoms with Crippen LogP contribution in [0.25, 0.3) is 0 Å². The summed E-state index contributed by atoms with van der Waals surface area (Å²) >= 11 is 5.06. The molecule has 0 fully saturated rings. The Balaban J connectivity index is 4.02. The standard InChI is InChI=1S/C3H6ClNO4S/c4-1-2-10(8,9)5-3(6)7/h5H,1-2H2,(H,6,7). The van der Waals surface area contributed by atoms with Crippen molar-refractivity contribution in [3.05, 3.63) is 0 Å². The second-order valence-electron chi connectivity index (χ2n) is 1.42. The van der Waals surface area contributed by atoms with Gasteiger partial charge in [-0.2, -0.15) is 0 Å². The first-order chi connectivity index (χ1) is 4.48. The molecule has 2 N–H and O–H groups in total. The third-order valence-electron chi connectivity index (χ3n) is 0.589. The number of hydrogen-bond acceptors (Lipinski definition) is 3. The number of sulfonamides is 1. The Labute approximate surface area is 63.0 Å². The minimum absolute atomic E-state index is 0.122. The van der Waals surface area contributed by atoms with Gasteiger partial charge in [-0.1, -0.05) is 0 Å². The fraction of sp³-hybridized carbons (Fsp3) is 0.667. The molecule has 0 radical (unpaired) electrons. The van der Waals surface area contributed by atoms with Crippen molar-refractivity contribution in [2.45, 2.75) is 0 Å². The molecule has 7 heteroatoms. The van der Waals surface area contributed by atoms with E-state index >= 15 is 0 Å². The summed E-state index contributed by atoms with van der Waals surface area (Å²) in [5, 5.41) is 7.94. The molecule has 0 aromatic carbocycles. The second-order valence-corrected chi connectivity index (χ2v) is 3.63. The van der Waals surface area contributed by atoms with E-state index in [-0.39, 0.29) is 11.6 Å². The van der Waals surface area contributed by atoms with Gasteiger partial charge in [0.25, 0.3) is 0 Å². The molecule has 0 unspecified atom stereocenters. The molecule has 0 bridgehead atoms. The summed E-state index contributed by atoms with van der Waals surface area (Å²) in [5.41, 5.74) is 0.